The van der Waals surface area contributed by atoms with Crippen molar-refractivity contribution in [2.24, 2.45) is 0 Å². The summed E-state index contributed by atoms with van der Waals surface area (Å²) in [5.41, 5.74) is 1.11. The highest BCUT2D eigenvalue weighted by molar-refractivity contribution is 9.10. The Morgan fingerprint density at radius 3 is 2.56 bits per heavy atom. The molecular formula is C19H18BrN3O3S. The molecule has 0 spiro atoms. The predicted octanol–water partition coefficient (Wildman–Crippen LogP) is 4.23. The van der Waals surface area contributed by atoms with Crippen molar-refractivity contribution in [3.05, 3.63) is 70.5 Å². The van der Waals surface area contributed by atoms with E-state index in [9.17, 15) is 4.79 Å². The summed E-state index contributed by atoms with van der Waals surface area (Å²) in [7, 11) is 0. The van der Waals surface area contributed by atoms with Crippen molar-refractivity contribution in [3.8, 4) is 5.75 Å². The Bertz CT molecular complexity index is 885. The molecule has 27 heavy (non-hydrogen) atoms. The van der Waals surface area contributed by atoms with Gasteiger partial charge < -0.3 is 9.84 Å². The second-order valence-corrected chi connectivity index (χ2v) is 7.68. The maximum atomic E-state index is 10.8. The molecule has 0 saturated carbocycles. The van der Waals surface area contributed by atoms with Gasteiger partial charge in [-0.25, -0.2) is 0 Å². The topological polar surface area (TPSA) is 77.2 Å². The van der Waals surface area contributed by atoms with Crippen LogP contribution in [0.2, 0.25) is 0 Å². The lowest BCUT2D eigenvalue weighted by molar-refractivity contribution is -0.136. The normalized spacial score (nSPS) is 10.7. The van der Waals surface area contributed by atoms with Crippen molar-refractivity contribution in [3.63, 3.8) is 0 Å². The highest BCUT2D eigenvalue weighted by Crippen LogP contribution is 2.21. The largest absolute Gasteiger partial charge is 0.486 e. The molecule has 2 aromatic carbocycles. The molecule has 0 radical (unpaired) electrons. The maximum absolute atomic E-state index is 10.8. The number of carboxylic acid groups (broad SMARTS) is 1. The molecule has 0 atom stereocenters. The third-order valence-corrected chi connectivity index (χ3v) is 5.20. The number of aliphatic carboxylic acids is 1. The average molecular weight is 448 g/mol. The smallest absolute Gasteiger partial charge is 0.304 e. The summed E-state index contributed by atoms with van der Waals surface area (Å²) in [6.07, 6.45) is 0.0770. The summed E-state index contributed by atoms with van der Waals surface area (Å²) in [6, 6.07) is 17.6. The van der Waals surface area contributed by atoms with Gasteiger partial charge in [0.2, 0.25) is 0 Å². The molecule has 0 aliphatic heterocycles. The number of benzene rings is 2. The third-order valence-electron chi connectivity index (χ3n) is 3.71. The first-order valence-corrected chi connectivity index (χ1v) is 10.1. The number of carbonyl (C=O) groups is 1. The van der Waals surface area contributed by atoms with Crippen LogP contribution in [0.3, 0.4) is 0 Å². The molecule has 3 rings (SSSR count). The van der Waals surface area contributed by atoms with Gasteiger partial charge in [-0.05, 0) is 29.8 Å². The number of hydrogen-bond donors (Lipinski definition) is 1. The van der Waals surface area contributed by atoms with Crippen molar-refractivity contribution in [1.82, 2.24) is 14.8 Å². The zero-order valence-electron chi connectivity index (χ0n) is 14.4. The summed E-state index contributed by atoms with van der Waals surface area (Å²) in [4.78, 5) is 10.8. The minimum atomic E-state index is -0.824. The van der Waals surface area contributed by atoms with Crippen LogP contribution in [0.5, 0.6) is 5.75 Å². The molecule has 0 bridgehead atoms. The molecule has 0 fully saturated rings. The fourth-order valence-electron chi connectivity index (χ4n) is 2.37. The van der Waals surface area contributed by atoms with E-state index in [4.69, 9.17) is 9.84 Å². The Hall–Kier alpha value is -2.32. The van der Waals surface area contributed by atoms with Crippen molar-refractivity contribution >= 4 is 33.7 Å². The van der Waals surface area contributed by atoms with Crippen LogP contribution in [0.25, 0.3) is 0 Å². The first-order valence-electron chi connectivity index (χ1n) is 8.31. The van der Waals surface area contributed by atoms with Crippen molar-refractivity contribution in [1.29, 1.82) is 0 Å². The van der Waals surface area contributed by atoms with Crippen LogP contribution in [0.4, 0.5) is 0 Å². The first kappa shape index (κ1) is 19.4. The standard InChI is InChI=1S/C19H18BrN3O3S/c20-15-6-8-16(9-7-15)26-13-17-21-22-19(27-11-10-18(24)25)23(17)12-14-4-2-1-3-5-14/h1-9H,10-13H2,(H,24,25). The summed E-state index contributed by atoms with van der Waals surface area (Å²) in [6.45, 7) is 0.878. The van der Waals surface area contributed by atoms with Gasteiger partial charge in [-0.15, -0.1) is 10.2 Å². The van der Waals surface area contributed by atoms with Crippen LogP contribution in [0, 0.1) is 0 Å². The Labute approximate surface area is 169 Å². The molecule has 140 valence electrons. The number of ether oxygens (including phenoxy) is 1. The van der Waals surface area contributed by atoms with Crippen LogP contribution in [-0.4, -0.2) is 31.6 Å². The fraction of sp³-hybridized carbons (Fsp3) is 0.211. The number of thioether (sulfide) groups is 1. The van der Waals surface area contributed by atoms with E-state index < -0.39 is 5.97 Å². The van der Waals surface area contributed by atoms with Crippen LogP contribution in [0.1, 0.15) is 17.8 Å². The summed E-state index contributed by atoms with van der Waals surface area (Å²) >= 11 is 4.79. The second kappa shape index (κ2) is 9.57. The van der Waals surface area contributed by atoms with E-state index in [0.29, 0.717) is 23.3 Å². The SMILES string of the molecule is O=C(O)CCSc1nnc(COc2ccc(Br)cc2)n1Cc1ccccc1. The van der Waals surface area contributed by atoms with E-state index in [1.54, 1.807) is 0 Å². The predicted molar refractivity (Wildman–Crippen MR) is 107 cm³/mol. The van der Waals surface area contributed by atoms with Crippen LogP contribution >= 0.6 is 27.7 Å². The summed E-state index contributed by atoms with van der Waals surface area (Å²) in [5, 5.41) is 18.0. The Balaban J connectivity index is 1.75. The van der Waals surface area contributed by atoms with Crippen LogP contribution in [-0.2, 0) is 17.9 Å². The monoisotopic (exact) mass is 447 g/mol. The van der Waals surface area contributed by atoms with Gasteiger partial charge in [0.05, 0.1) is 13.0 Å². The van der Waals surface area contributed by atoms with Gasteiger partial charge in [-0.1, -0.05) is 58.0 Å². The molecule has 1 aromatic heterocycles. The van der Waals surface area contributed by atoms with E-state index in [2.05, 4.69) is 26.1 Å². The molecule has 0 saturated heterocycles. The Kier molecular flexibility index (Phi) is 6.89. The van der Waals surface area contributed by atoms with E-state index in [0.717, 1.165) is 15.8 Å². The van der Waals surface area contributed by atoms with E-state index >= 15 is 0 Å². The Morgan fingerprint density at radius 1 is 1.11 bits per heavy atom. The highest BCUT2D eigenvalue weighted by atomic mass is 79.9. The van der Waals surface area contributed by atoms with Crippen LogP contribution < -0.4 is 4.74 Å². The fourth-order valence-corrected chi connectivity index (χ4v) is 3.51. The Morgan fingerprint density at radius 2 is 1.85 bits per heavy atom. The lowest BCUT2D eigenvalue weighted by atomic mass is 10.2. The molecule has 0 amide bonds. The molecule has 0 aliphatic rings. The molecule has 3 aromatic rings. The van der Waals surface area contributed by atoms with Gasteiger partial charge in [0, 0.05) is 10.2 Å². The lowest BCUT2D eigenvalue weighted by Gasteiger charge is -2.11. The van der Waals surface area contributed by atoms with Gasteiger partial charge >= 0.3 is 5.97 Å². The maximum Gasteiger partial charge on any atom is 0.304 e. The van der Waals surface area contributed by atoms with Gasteiger partial charge in [0.15, 0.2) is 11.0 Å². The van der Waals surface area contributed by atoms with E-state index in [1.807, 2.05) is 59.2 Å². The number of halogens is 1. The zero-order valence-corrected chi connectivity index (χ0v) is 16.8. The zero-order chi connectivity index (χ0) is 19.1. The second-order valence-electron chi connectivity index (χ2n) is 5.71. The van der Waals surface area contributed by atoms with Crippen molar-refractivity contribution in [2.45, 2.75) is 24.7 Å². The van der Waals surface area contributed by atoms with Gasteiger partial charge in [0.1, 0.15) is 12.4 Å². The average Bonchev–Trinajstić information content (AvgIpc) is 3.03. The molecule has 0 unspecified atom stereocenters. The number of carboxylic acids is 1. The molecule has 1 N–H and O–H groups in total. The van der Waals surface area contributed by atoms with Crippen molar-refractivity contribution < 1.29 is 14.6 Å². The highest BCUT2D eigenvalue weighted by Gasteiger charge is 2.14. The lowest BCUT2D eigenvalue weighted by Crippen LogP contribution is -2.10. The minimum Gasteiger partial charge on any atom is -0.486 e. The van der Waals surface area contributed by atoms with Gasteiger partial charge in [-0.2, -0.15) is 0 Å². The molecule has 8 heteroatoms. The van der Waals surface area contributed by atoms with Gasteiger partial charge in [-0.3, -0.25) is 9.36 Å². The van der Waals surface area contributed by atoms with E-state index in [1.165, 1.54) is 11.8 Å². The van der Waals surface area contributed by atoms with Gasteiger partial charge in [0.25, 0.3) is 0 Å². The third kappa shape index (κ3) is 5.83. The minimum absolute atomic E-state index is 0.0770. The number of aromatic nitrogens is 3. The summed E-state index contributed by atoms with van der Waals surface area (Å²) < 4.78 is 8.79. The molecule has 0 aliphatic carbocycles. The number of hydrogen-bond acceptors (Lipinski definition) is 5. The number of rotatable bonds is 9. The van der Waals surface area contributed by atoms with E-state index in [-0.39, 0.29) is 13.0 Å². The van der Waals surface area contributed by atoms with Crippen molar-refractivity contribution in [2.75, 3.05) is 5.75 Å². The quantitative estimate of drug-likeness (QED) is 0.494. The number of nitrogens with zero attached hydrogens (tertiary/aromatic N) is 3. The summed E-state index contributed by atoms with van der Waals surface area (Å²) in [5.74, 6) is 1.05. The van der Waals surface area contributed by atoms with Crippen LogP contribution in [0.15, 0.2) is 64.2 Å². The molecule has 6 nitrogen and oxygen atoms in total. The first-order chi connectivity index (χ1) is 13.1. The molecular weight excluding hydrogens is 430 g/mol. The molecule has 1 heterocycles.